The zero-order chi connectivity index (χ0) is 17.5. The van der Waals surface area contributed by atoms with Gasteiger partial charge in [-0.1, -0.05) is 0 Å². The number of aryl methyl sites for hydroxylation is 1. The molecule has 6 nitrogen and oxygen atoms in total. The van der Waals surface area contributed by atoms with Gasteiger partial charge in [-0.2, -0.15) is 0 Å². The number of furan rings is 1. The van der Waals surface area contributed by atoms with Crippen molar-refractivity contribution < 1.29 is 27.6 Å². The van der Waals surface area contributed by atoms with Gasteiger partial charge in [-0.25, -0.2) is 4.79 Å². The number of halogens is 1. The smallest absolute Gasteiger partial charge is 0.362 e. The summed E-state index contributed by atoms with van der Waals surface area (Å²) in [5.41, 5.74) is 0.427. The minimum atomic E-state index is -3.71. The first-order chi connectivity index (χ1) is 10.9. The van der Waals surface area contributed by atoms with Crippen molar-refractivity contribution in [3.8, 4) is 0 Å². The SMILES string of the molecule is CCOC(=O)/C=C(\c1cc(C)oc1CCl)P(=O)(OCC)OCC. The van der Waals surface area contributed by atoms with Crippen LogP contribution in [0.25, 0.3) is 5.31 Å². The Balaban J connectivity index is 3.47. The van der Waals surface area contributed by atoms with E-state index in [4.69, 9.17) is 29.8 Å². The van der Waals surface area contributed by atoms with Crippen molar-refractivity contribution in [2.24, 2.45) is 0 Å². The van der Waals surface area contributed by atoms with Crippen molar-refractivity contribution in [2.45, 2.75) is 33.6 Å². The molecule has 0 bridgehead atoms. The lowest BCUT2D eigenvalue weighted by Crippen LogP contribution is -2.05. The minimum absolute atomic E-state index is 0.0571. The van der Waals surface area contributed by atoms with E-state index in [1.807, 2.05) is 0 Å². The molecule has 0 fully saturated rings. The molecule has 0 unspecified atom stereocenters. The summed E-state index contributed by atoms with van der Waals surface area (Å²) in [5.74, 6) is 0.382. The van der Waals surface area contributed by atoms with Gasteiger partial charge in [-0.05, 0) is 33.8 Å². The molecule has 0 aliphatic carbocycles. The summed E-state index contributed by atoms with van der Waals surface area (Å²) in [6.07, 6.45) is 1.12. The molecule has 0 amide bonds. The summed E-state index contributed by atoms with van der Waals surface area (Å²) in [6.45, 7) is 7.31. The Morgan fingerprint density at radius 3 is 2.35 bits per heavy atom. The highest BCUT2D eigenvalue weighted by Gasteiger charge is 2.34. The average molecular weight is 365 g/mol. The van der Waals surface area contributed by atoms with Crippen LogP contribution in [-0.4, -0.2) is 25.8 Å². The molecule has 1 heterocycles. The molecule has 1 aromatic rings. The highest BCUT2D eigenvalue weighted by Crippen LogP contribution is 2.61. The van der Waals surface area contributed by atoms with E-state index >= 15 is 0 Å². The molecule has 0 radical (unpaired) electrons. The van der Waals surface area contributed by atoms with Crippen molar-refractivity contribution in [3.63, 3.8) is 0 Å². The largest absolute Gasteiger partial charge is 0.464 e. The van der Waals surface area contributed by atoms with Gasteiger partial charge in [0.2, 0.25) is 0 Å². The standard InChI is InChI=1S/C15H22ClO6P/c1-5-19-15(17)9-14(23(18,20-6-2)21-7-3)12-8-11(4)22-13(12)10-16/h8-9H,5-7,10H2,1-4H3/b14-9+. The average Bonchev–Trinajstić information content (AvgIpc) is 2.86. The molecule has 0 atom stereocenters. The summed E-state index contributed by atoms with van der Waals surface area (Å²) in [4.78, 5) is 11.9. The van der Waals surface area contributed by atoms with Crippen molar-refractivity contribution in [2.75, 3.05) is 19.8 Å². The van der Waals surface area contributed by atoms with Gasteiger partial charge in [-0.15, -0.1) is 11.6 Å². The van der Waals surface area contributed by atoms with Gasteiger partial charge in [0.1, 0.15) is 11.5 Å². The van der Waals surface area contributed by atoms with E-state index in [1.54, 1.807) is 33.8 Å². The van der Waals surface area contributed by atoms with Crippen LogP contribution >= 0.6 is 19.2 Å². The fourth-order valence-electron chi connectivity index (χ4n) is 1.99. The second-order valence-electron chi connectivity index (χ2n) is 4.44. The Kier molecular flexibility index (Phi) is 8.06. The maximum Gasteiger partial charge on any atom is 0.362 e. The lowest BCUT2D eigenvalue weighted by molar-refractivity contribution is -0.137. The number of alkyl halides is 1. The van der Waals surface area contributed by atoms with Crippen LogP contribution in [0.3, 0.4) is 0 Å². The number of rotatable bonds is 9. The first kappa shape index (κ1) is 20.0. The molecule has 0 spiro atoms. The molecule has 0 N–H and O–H groups in total. The van der Waals surface area contributed by atoms with Gasteiger partial charge in [0.25, 0.3) is 0 Å². The van der Waals surface area contributed by atoms with E-state index in [0.29, 0.717) is 17.1 Å². The Bertz CT molecular complexity index is 597. The first-order valence-corrected chi connectivity index (χ1v) is 9.43. The van der Waals surface area contributed by atoms with Crippen LogP contribution < -0.4 is 0 Å². The van der Waals surface area contributed by atoms with E-state index in [0.717, 1.165) is 6.08 Å². The zero-order valence-corrected chi connectivity index (χ0v) is 15.4. The van der Waals surface area contributed by atoms with Crippen LogP contribution in [0.4, 0.5) is 0 Å². The van der Waals surface area contributed by atoms with Crippen LogP contribution in [0.5, 0.6) is 0 Å². The fourth-order valence-corrected chi connectivity index (χ4v) is 3.97. The van der Waals surface area contributed by atoms with E-state index in [1.165, 1.54) is 0 Å². The quantitative estimate of drug-likeness (QED) is 0.278. The zero-order valence-electron chi connectivity index (χ0n) is 13.8. The monoisotopic (exact) mass is 364 g/mol. The van der Waals surface area contributed by atoms with E-state index < -0.39 is 13.6 Å². The van der Waals surface area contributed by atoms with Crippen molar-refractivity contribution >= 4 is 30.5 Å². The Morgan fingerprint density at radius 1 is 1.26 bits per heavy atom. The van der Waals surface area contributed by atoms with E-state index in [2.05, 4.69) is 0 Å². The lowest BCUT2D eigenvalue weighted by Gasteiger charge is -2.19. The number of carbonyl (C=O) groups is 1. The maximum absolute atomic E-state index is 13.1. The summed E-state index contributed by atoms with van der Waals surface area (Å²) in [7, 11) is -3.71. The second kappa shape index (κ2) is 9.28. The summed E-state index contributed by atoms with van der Waals surface area (Å²) in [5, 5.41) is 0.0900. The van der Waals surface area contributed by atoms with Crippen LogP contribution in [0.1, 0.15) is 37.9 Å². The molecule has 0 saturated carbocycles. The number of ether oxygens (including phenoxy) is 1. The van der Waals surface area contributed by atoms with E-state index in [-0.39, 0.29) is 31.0 Å². The molecule has 0 saturated heterocycles. The van der Waals surface area contributed by atoms with Gasteiger partial charge in [-0.3, -0.25) is 4.57 Å². The molecule has 8 heteroatoms. The third-order valence-electron chi connectivity index (χ3n) is 2.76. The van der Waals surface area contributed by atoms with Gasteiger partial charge in [0, 0.05) is 11.6 Å². The number of hydrogen-bond acceptors (Lipinski definition) is 6. The topological polar surface area (TPSA) is 75.0 Å². The van der Waals surface area contributed by atoms with Gasteiger partial charge in [0.15, 0.2) is 0 Å². The second-order valence-corrected chi connectivity index (χ2v) is 6.70. The third-order valence-corrected chi connectivity index (χ3v) is 5.16. The molecular formula is C15H22ClO6P. The highest BCUT2D eigenvalue weighted by molar-refractivity contribution is 7.65. The molecule has 130 valence electrons. The maximum atomic E-state index is 13.1. The van der Waals surface area contributed by atoms with Gasteiger partial charge in [0.05, 0.1) is 31.0 Å². The first-order valence-electron chi connectivity index (χ1n) is 7.35. The van der Waals surface area contributed by atoms with Gasteiger partial charge < -0.3 is 18.2 Å². The van der Waals surface area contributed by atoms with Crippen molar-refractivity contribution in [1.82, 2.24) is 0 Å². The Morgan fingerprint density at radius 2 is 1.87 bits per heavy atom. The molecule has 0 aliphatic rings. The van der Waals surface area contributed by atoms with Gasteiger partial charge >= 0.3 is 13.6 Å². The number of carbonyl (C=O) groups excluding carboxylic acids is 1. The highest BCUT2D eigenvalue weighted by atomic mass is 35.5. The van der Waals surface area contributed by atoms with Crippen LogP contribution in [0, 0.1) is 6.92 Å². The summed E-state index contributed by atoms with van der Waals surface area (Å²) >= 11 is 5.88. The Labute approximate surface area is 141 Å². The fraction of sp³-hybridized carbons (Fsp3) is 0.533. The summed E-state index contributed by atoms with van der Waals surface area (Å²) in [6, 6.07) is 1.65. The molecule has 0 aromatic carbocycles. The molecule has 1 rings (SSSR count). The van der Waals surface area contributed by atoms with E-state index in [9.17, 15) is 9.36 Å². The normalized spacial score (nSPS) is 12.5. The predicted molar refractivity (Wildman–Crippen MR) is 88.5 cm³/mol. The molecular weight excluding hydrogens is 343 g/mol. The van der Waals surface area contributed by atoms with Crippen LogP contribution in [0.2, 0.25) is 0 Å². The lowest BCUT2D eigenvalue weighted by atomic mass is 10.2. The summed E-state index contributed by atoms with van der Waals surface area (Å²) < 4.78 is 34.2. The Hall–Kier alpha value is -1.07. The predicted octanol–water partition coefficient (Wildman–Crippen LogP) is 4.50. The van der Waals surface area contributed by atoms with Crippen molar-refractivity contribution in [3.05, 3.63) is 29.2 Å². The van der Waals surface area contributed by atoms with Crippen LogP contribution in [-0.2, 0) is 29.0 Å². The third kappa shape index (κ3) is 5.21. The number of esters is 1. The van der Waals surface area contributed by atoms with Crippen LogP contribution in [0.15, 0.2) is 16.6 Å². The minimum Gasteiger partial charge on any atom is -0.464 e. The molecule has 1 aromatic heterocycles. The molecule has 23 heavy (non-hydrogen) atoms. The number of hydrogen-bond donors (Lipinski definition) is 0. The molecule has 0 aliphatic heterocycles. The van der Waals surface area contributed by atoms with Crippen molar-refractivity contribution in [1.29, 1.82) is 0 Å².